The van der Waals surface area contributed by atoms with Crippen LogP contribution in [-0.2, 0) is 20.9 Å². The molecule has 1 aromatic heterocycles. The fourth-order valence-corrected chi connectivity index (χ4v) is 6.60. The molecular weight excluding hydrogens is 683 g/mol. The highest BCUT2D eigenvalue weighted by Gasteiger charge is 2.27. The van der Waals surface area contributed by atoms with Crippen molar-refractivity contribution in [3.05, 3.63) is 93.7 Å². The molecule has 5 rings (SSSR count). The maximum atomic E-state index is 13.1. The molecule has 12 nitrogen and oxygen atoms in total. The molecule has 0 aliphatic carbocycles. The highest BCUT2D eigenvalue weighted by atomic mass is 35.5. The predicted molar refractivity (Wildman–Crippen MR) is 180 cm³/mol. The molecule has 1 aliphatic heterocycles. The lowest BCUT2D eigenvalue weighted by atomic mass is 10.1. The van der Waals surface area contributed by atoms with Crippen molar-refractivity contribution in [2.75, 3.05) is 30.4 Å². The van der Waals surface area contributed by atoms with Gasteiger partial charge in [-0.1, -0.05) is 53.5 Å². The van der Waals surface area contributed by atoms with E-state index in [-0.39, 0.29) is 30.3 Å². The molecule has 2 heterocycles. The average molecular weight is 714 g/mol. The molecule has 15 heteroatoms. The zero-order chi connectivity index (χ0) is 34.4. The van der Waals surface area contributed by atoms with Gasteiger partial charge in [0.15, 0.2) is 0 Å². The monoisotopic (exact) mass is 712 g/mol. The number of carbonyl (C=O) groups is 4. The Hall–Kier alpha value is -4.72. The van der Waals surface area contributed by atoms with Gasteiger partial charge in [0.2, 0.25) is 0 Å². The number of carbonyl (C=O) groups excluding carboxylic acids is 2. The Morgan fingerprint density at radius 1 is 1.04 bits per heavy atom. The largest absolute Gasteiger partial charge is 0.490 e. The van der Waals surface area contributed by atoms with Gasteiger partial charge in [0.05, 0.1) is 35.4 Å². The number of rotatable bonds is 12. The van der Waals surface area contributed by atoms with E-state index in [9.17, 15) is 24.3 Å². The topological polar surface area (TPSA) is 160 Å². The van der Waals surface area contributed by atoms with E-state index >= 15 is 0 Å². The van der Waals surface area contributed by atoms with Crippen molar-refractivity contribution < 1.29 is 38.9 Å². The molecule has 3 N–H and O–H groups in total. The molecule has 0 saturated heterocycles. The molecule has 1 atom stereocenters. The summed E-state index contributed by atoms with van der Waals surface area (Å²) >= 11 is 14.3. The van der Waals surface area contributed by atoms with Gasteiger partial charge in [-0.2, -0.15) is 5.10 Å². The molecule has 3 aromatic carbocycles. The highest BCUT2D eigenvalue weighted by Crippen LogP contribution is 2.42. The maximum absolute atomic E-state index is 13.1. The van der Waals surface area contributed by atoms with Gasteiger partial charge in [-0.3, -0.25) is 19.2 Å². The lowest BCUT2D eigenvalue weighted by Crippen LogP contribution is -2.42. The van der Waals surface area contributed by atoms with Gasteiger partial charge in [-0.15, -0.1) is 11.8 Å². The number of hydrogen-bond acceptors (Lipinski definition) is 8. The first-order chi connectivity index (χ1) is 23.0. The second-order valence-electron chi connectivity index (χ2n) is 10.6. The van der Waals surface area contributed by atoms with Gasteiger partial charge in [0.1, 0.15) is 25.0 Å². The summed E-state index contributed by atoms with van der Waals surface area (Å²) in [4.78, 5) is 50.8. The third-order valence-corrected chi connectivity index (χ3v) is 9.39. The molecule has 48 heavy (non-hydrogen) atoms. The summed E-state index contributed by atoms with van der Waals surface area (Å²) in [6, 6.07) is 14.1. The number of anilines is 1. The van der Waals surface area contributed by atoms with Crippen molar-refractivity contribution in [3.63, 3.8) is 0 Å². The maximum Gasteiger partial charge on any atom is 0.414 e. The molecule has 0 saturated carbocycles. The zero-order valence-electron chi connectivity index (χ0n) is 25.5. The van der Waals surface area contributed by atoms with Gasteiger partial charge in [-0.05, 0) is 36.8 Å². The minimum absolute atomic E-state index is 0.00447. The summed E-state index contributed by atoms with van der Waals surface area (Å²) in [6.07, 6.45) is 2.25. The minimum atomic E-state index is -1.62. The average Bonchev–Trinajstić information content (AvgIpc) is 3.52. The first kappa shape index (κ1) is 34.6. The van der Waals surface area contributed by atoms with E-state index in [4.69, 9.17) is 37.8 Å². The molecule has 0 radical (unpaired) electrons. The minimum Gasteiger partial charge on any atom is -0.490 e. The molecule has 0 bridgehead atoms. The van der Waals surface area contributed by atoms with Crippen molar-refractivity contribution in [1.82, 2.24) is 15.1 Å². The van der Waals surface area contributed by atoms with Gasteiger partial charge in [-0.25, -0.2) is 9.59 Å². The van der Waals surface area contributed by atoms with Gasteiger partial charge >= 0.3 is 18.0 Å². The Kier molecular flexibility index (Phi) is 11.1. The molecule has 4 aromatic rings. The lowest BCUT2D eigenvalue weighted by Gasteiger charge is -2.29. The third kappa shape index (κ3) is 8.04. The predicted octanol–water partition coefficient (Wildman–Crippen LogP) is 6.00. The van der Waals surface area contributed by atoms with Crippen molar-refractivity contribution >= 4 is 64.6 Å². The van der Waals surface area contributed by atoms with Crippen LogP contribution in [-0.4, -0.2) is 75.5 Å². The van der Waals surface area contributed by atoms with E-state index in [0.29, 0.717) is 28.6 Å². The molecular formula is C33H30Cl2N4O8S. The zero-order valence-corrected chi connectivity index (χ0v) is 27.8. The van der Waals surface area contributed by atoms with Crippen molar-refractivity contribution in [2.45, 2.75) is 30.8 Å². The number of fused-ring (bicyclic) bond motifs is 1. The van der Waals surface area contributed by atoms with Crippen molar-refractivity contribution in [2.24, 2.45) is 0 Å². The first-order valence-electron chi connectivity index (χ1n) is 14.7. The third-order valence-electron chi connectivity index (χ3n) is 7.43. The Bertz CT molecular complexity index is 1870. The SMILES string of the molecule is Cc1c(Cl)cccc1OCCOC(=O)N1CCSc2c(-c3cnn(Cc4cccc(C(=O)N[C@@H](CC(=O)O)C(=O)O)c4Cl)c3)cccc21. The second-order valence-corrected chi connectivity index (χ2v) is 12.5. The number of nitrogens with zero attached hydrogens (tertiary/aromatic N) is 3. The van der Waals surface area contributed by atoms with Gasteiger partial charge in [0.25, 0.3) is 5.91 Å². The number of nitrogens with one attached hydrogen (secondary N) is 1. The van der Waals surface area contributed by atoms with Crippen LogP contribution in [0.25, 0.3) is 11.1 Å². The summed E-state index contributed by atoms with van der Waals surface area (Å²) < 4.78 is 12.9. The Labute approximate surface area is 289 Å². The number of amides is 2. The number of ether oxygens (including phenoxy) is 2. The second kappa shape index (κ2) is 15.5. The van der Waals surface area contributed by atoms with E-state index < -0.39 is 36.4 Å². The van der Waals surface area contributed by atoms with Crippen molar-refractivity contribution in [1.29, 1.82) is 0 Å². The van der Waals surface area contributed by atoms with Gasteiger partial charge < -0.3 is 25.0 Å². The van der Waals surface area contributed by atoms with Crippen molar-refractivity contribution in [3.8, 4) is 16.9 Å². The molecule has 0 unspecified atom stereocenters. The highest BCUT2D eigenvalue weighted by molar-refractivity contribution is 7.99. The van der Waals surface area contributed by atoms with E-state index in [1.807, 2.05) is 31.3 Å². The van der Waals surface area contributed by atoms with Crippen LogP contribution in [0.15, 0.2) is 71.9 Å². The number of carboxylic acids is 2. The van der Waals surface area contributed by atoms with Crippen LogP contribution in [0.5, 0.6) is 5.75 Å². The number of halogens is 2. The van der Waals surface area contributed by atoms with E-state index in [1.165, 1.54) is 6.07 Å². The number of aromatic nitrogens is 2. The summed E-state index contributed by atoms with van der Waals surface area (Å²) in [7, 11) is 0. The van der Waals surface area contributed by atoms with Crippen LogP contribution in [0.4, 0.5) is 10.5 Å². The number of benzene rings is 3. The Morgan fingerprint density at radius 2 is 1.81 bits per heavy atom. The standard InChI is InChI=1S/C33H30Cl2N4O8S/c1-19-24(34)8-4-10-27(19)46-12-13-47-33(45)39-11-14-48-30-22(6-3-9-26(30)39)21-16-36-38(18-21)17-20-5-2-7-23(29(20)35)31(42)37-25(32(43)44)15-28(40)41/h2-10,16,18,25H,11-15,17H2,1H3,(H,37,42)(H,40,41)(H,43,44)/t25-/m0/s1. The number of aliphatic carboxylic acids is 2. The first-order valence-corrected chi connectivity index (χ1v) is 16.4. The van der Waals surface area contributed by atoms with Crippen LogP contribution >= 0.6 is 35.0 Å². The van der Waals surface area contributed by atoms with Crippen LogP contribution in [0, 0.1) is 6.92 Å². The number of thioether (sulfide) groups is 1. The van der Waals surface area contributed by atoms with Crippen LogP contribution in [0.2, 0.25) is 10.0 Å². The summed E-state index contributed by atoms with van der Waals surface area (Å²) in [6.45, 7) is 2.75. The quantitative estimate of drug-likeness (QED) is 0.149. The lowest BCUT2D eigenvalue weighted by molar-refractivity contribution is -0.145. The van der Waals surface area contributed by atoms with E-state index in [0.717, 1.165) is 27.3 Å². The fraction of sp³-hybridized carbons (Fsp3) is 0.242. The molecule has 0 fully saturated rings. The normalized spacial score (nSPS) is 12.9. The fourth-order valence-electron chi connectivity index (χ4n) is 5.02. The van der Waals surface area contributed by atoms with Crippen LogP contribution in [0.1, 0.15) is 27.9 Å². The van der Waals surface area contributed by atoms with E-state index in [2.05, 4.69) is 10.4 Å². The summed E-state index contributed by atoms with van der Waals surface area (Å²) in [5.41, 5.74) is 3.74. The van der Waals surface area contributed by atoms with Gasteiger partial charge in [0, 0.05) is 45.1 Å². The smallest absolute Gasteiger partial charge is 0.414 e. The molecule has 1 aliphatic rings. The molecule has 250 valence electrons. The van der Waals surface area contributed by atoms with E-state index in [1.54, 1.807) is 57.9 Å². The summed E-state index contributed by atoms with van der Waals surface area (Å²) in [5.74, 6) is -2.36. The Balaban J connectivity index is 1.26. The summed E-state index contributed by atoms with van der Waals surface area (Å²) in [5, 5.41) is 25.6. The molecule has 2 amide bonds. The number of carboxylic acid groups (broad SMARTS) is 2. The number of hydrogen-bond donors (Lipinski definition) is 3. The molecule has 0 spiro atoms. The van der Waals surface area contributed by atoms with Crippen LogP contribution in [0.3, 0.4) is 0 Å². The Morgan fingerprint density at radius 3 is 2.58 bits per heavy atom. The van der Waals surface area contributed by atoms with Crippen LogP contribution < -0.4 is 15.0 Å².